The third-order valence-electron chi connectivity index (χ3n) is 2.33. The molecule has 2 aromatic rings. The predicted octanol–water partition coefficient (Wildman–Crippen LogP) is 2.36. The van der Waals surface area contributed by atoms with E-state index < -0.39 is 0 Å². The van der Waals surface area contributed by atoms with E-state index in [0.29, 0.717) is 13.2 Å². The lowest BCUT2D eigenvalue weighted by molar-refractivity contribution is 0.339. The Hall–Kier alpha value is -1.81. The van der Waals surface area contributed by atoms with Gasteiger partial charge in [0.25, 0.3) is 0 Å². The van der Waals surface area contributed by atoms with Crippen molar-refractivity contribution < 1.29 is 9.26 Å². The number of nitrogens with one attached hydrogen (secondary N) is 1. The monoisotopic (exact) mass is 232 g/mol. The molecule has 0 aliphatic carbocycles. The van der Waals surface area contributed by atoms with Crippen LogP contribution in [-0.4, -0.2) is 11.8 Å². The van der Waals surface area contributed by atoms with Crippen molar-refractivity contribution in [1.29, 1.82) is 0 Å². The zero-order chi connectivity index (χ0) is 11.9. The van der Waals surface area contributed by atoms with Crippen molar-refractivity contribution >= 4 is 0 Å². The lowest BCUT2D eigenvalue weighted by atomic mass is 10.2. The normalized spacial score (nSPS) is 10.4. The standard InChI is InChI=1S/C13H16N2O2/c1-2-16-12-5-3-4-11(8-12)9-14-10-13-6-7-15-17-13/h3-8,14H,2,9-10H2,1H3. The highest BCUT2D eigenvalue weighted by molar-refractivity contribution is 5.28. The van der Waals surface area contributed by atoms with E-state index in [9.17, 15) is 0 Å². The topological polar surface area (TPSA) is 47.3 Å². The number of rotatable bonds is 6. The van der Waals surface area contributed by atoms with Crippen LogP contribution in [0.4, 0.5) is 0 Å². The summed E-state index contributed by atoms with van der Waals surface area (Å²) in [7, 11) is 0. The Kier molecular flexibility index (Phi) is 4.16. The Morgan fingerprint density at radius 2 is 2.24 bits per heavy atom. The molecule has 1 N–H and O–H groups in total. The summed E-state index contributed by atoms with van der Waals surface area (Å²) in [5.74, 6) is 1.75. The SMILES string of the molecule is CCOc1cccc(CNCc2ccno2)c1. The summed E-state index contributed by atoms with van der Waals surface area (Å²) < 4.78 is 10.4. The van der Waals surface area contributed by atoms with Gasteiger partial charge in [-0.3, -0.25) is 0 Å². The van der Waals surface area contributed by atoms with Crippen LogP contribution in [0.5, 0.6) is 5.75 Å². The first-order chi connectivity index (χ1) is 8.38. The molecule has 0 amide bonds. The van der Waals surface area contributed by atoms with Gasteiger partial charge in [-0.2, -0.15) is 0 Å². The Morgan fingerprint density at radius 3 is 3.00 bits per heavy atom. The highest BCUT2D eigenvalue weighted by Gasteiger charge is 1.98. The van der Waals surface area contributed by atoms with Gasteiger partial charge in [0.2, 0.25) is 0 Å². The lowest BCUT2D eigenvalue weighted by Gasteiger charge is -2.06. The quantitative estimate of drug-likeness (QED) is 0.830. The van der Waals surface area contributed by atoms with Gasteiger partial charge in [0.1, 0.15) is 11.5 Å². The molecule has 4 nitrogen and oxygen atoms in total. The zero-order valence-corrected chi connectivity index (χ0v) is 9.85. The molecule has 2 rings (SSSR count). The molecule has 1 aromatic heterocycles. The molecule has 90 valence electrons. The molecular weight excluding hydrogens is 216 g/mol. The Labute approximate surface area is 101 Å². The Bertz CT molecular complexity index is 440. The fourth-order valence-corrected chi connectivity index (χ4v) is 1.58. The zero-order valence-electron chi connectivity index (χ0n) is 9.85. The van der Waals surface area contributed by atoms with Crippen molar-refractivity contribution in [3.63, 3.8) is 0 Å². The smallest absolute Gasteiger partial charge is 0.150 e. The number of aromatic nitrogens is 1. The minimum atomic E-state index is 0.679. The summed E-state index contributed by atoms with van der Waals surface area (Å²) in [6.45, 7) is 4.13. The molecule has 0 saturated heterocycles. The first kappa shape index (κ1) is 11.7. The van der Waals surface area contributed by atoms with Crippen LogP contribution >= 0.6 is 0 Å². The Balaban J connectivity index is 1.84. The molecule has 0 saturated carbocycles. The highest BCUT2D eigenvalue weighted by Crippen LogP contribution is 2.13. The maximum absolute atomic E-state index is 5.44. The van der Waals surface area contributed by atoms with Crippen LogP contribution < -0.4 is 10.1 Å². The van der Waals surface area contributed by atoms with Crippen molar-refractivity contribution in [2.24, 2.45) is 0 Å². The van der Waals surface area contributed by atoms with Crippen LogP contribution in [0, 0.1) is 0 Å². The van der Waals surface area contributed by atoms with Crippen LogP contribution in [0.25, 0.3) is 0 Å². The second-order valence-corrected chi connectivity index (χ2v) is 3.66. The number of ether oxygens (including phenoxy) is 1. The van der Waals surface area contributed by atoms with E-state index in [0.717, 1.165) is 18.1 Å². The van der Waals surface area contributed by atoms with Gasteiger partial charge in [0, 0.05) is 12.6 Å². The minimum absolute atomic E-state index is 0.679. The van der Waals surface area contributed by atoms with E-state index in [1.807, 2.05) is 31.2 Å². The molecule has 0 unspecified atom stereocenters. The van der Waals surface area contributed by atoms with Gasteiger partial charge in [0.05, 0.1) is 19.3 Å². The van der Waals surface area contributed by atoms with E-state index >= 15 is 0 Å². The largest absolute Gasteiger partial charge is 0.494 e. The maximum atomic E-state index is 5.44. The van der Waals surface area contributed by atoms with Crippen molar-refractivity contribution in [2.45, 2.75) is 20.0 Å². The summed E-state index contributed by atoms with van der Waals surface area (Å²) in [5.41, 5.74) is 1.19. The summed E-state index contributed by atoms with van der Waals surface area (Å²) in [6, 6.07) is 9.91. The molecule has 1 heterocycles. The number of hydrogen-bond acceptors (Lipinski definition) is 4. The fraction of sp³-hybridized carbons (Fsp3) is 0.308. The van der Waals surface area contributed by atoms with Gasteiger partial charge in [-0.05, 0) is 24.6 Å². The van der Waals surface area contributed by atoms with Crippen molar-refractivity contribution in [1.82, 2.24) is 10.5 Å². The van der Waals surface area contributed by atoms with Gasteiger partial charge in [-0.1, -0.05) is 17.3 Å². The van der Waals surface area contributed by atoms with Crippen LogP contribution in [-0.2, 0) is 13.1 Å². The van der Waals surface area contributed by atoms with E-state index in [1.54, 1.807) is 6.20 Å². The average molecular weight is 232 g/mol. The molecule has 0 radical (unpaired) electrons. The molecule has 0 bridgehead atoms. The number of nitrogens with zero attached hydrogens (tertiary/aromatic N) is 1. The van der Waals surface area contributed by atoms with Gasteiger partial charge in [-0.15, -0.1) is 0 Å². The van der Waals surface area contributed by atoms with Crippen LogP contribution in [0.1, 0.15) is 18.2 Å². The van der Waals surface area contributed by atoms with Crippen LogP contribution in [0.2, 0.25) is 0 Å². The van der Waals surface area contributed by atoms with E-state index in [1.165, 1.54) is 5.56 Å². The van der Waals surface area contributed by atoms with Gasteiger partial charge < -0.3 is 14.6 Å². The molecule has 0 fully saturated rings. The molecular formula is C13H16N2O2. The number of benzene rings is 1. The van der Waals surface area contributed by atoms with Crippen molar-refractivity contribution in [3.8, 4) is 5.75 Å². The first-order valence-electron chi connectivity index (χ1n) is 5.70. The number of hydrogen-bond donors (Lipinski definition) is 1. The summed E-state index contributed by atoms with van der Waals surface area (Å²) >= 11 is 0. The summed E-state index contributed by atoms with van der Waals surface area (Å²) in [5, 5.41) is 6.94. The molecule has 4 heteroatoms. The van der Waals surface area contributed by atoms with E-state index in [-0.39, 0.29) is 0 Å². The highest BCUT2D eigenvalue weighted by atomic mass is 16.5. The molecule has 0 spiro atoms. The van der Waals surface area contributed by atoms with Gasteiger partial charge in [-0.25, -0.2) is 0 Å². The van der Waals surface area contributed by atoms with E-state index in [2.05, 4.69) is 16.5 Å². The third-order valence-corrected chi connectivity index (χ3v) is 2.33. The molecule has 0 atom stereocenters. The molecule has 0 aliphatic heterocycles. The lowest BCUT2D eigenvalue weighted by Crippen LogP contribution is -2.12. The second kappa shape index (κ2) is 6.06. The van der Waals surface area contributed by atoms with Gasteiger partial charge in [0.15, 0.2) is 0 Å². The molecule has 0 aliphatic rings. The van der Waals surface area contributed by atoms with Crippen LogP contribution in [0.15, 0.2) is 41.1 Å². The maximum Gasteiger partial charge on any atom is 0.150 e. The second-order valence-electron chi connectivity index (χ2n) is 3.66. The first-order valence-corrected chi connectivity index (χ1v) is 5.70. The average Bonchev–Trinajstić information content (AvgIpc) is 2.83. The van der Waals surface area contributed by atoms with Crippen molar-refractivity contribution in [3.05, 3.63) is 47.9 Å². The third kappa shape index (κ3) is 3.60. The molecule has 1 aromatic carbocycles. The predicted molar refractivity (Wildman–Crippen MR) is 64.7 cm³/mol. The fourth-order valence-electron chi connectivity index (χ4n) is 1.58. The molecule has 17 heavy (non-hydrogen) atoms. The van der Waals surface area contributed by atoms with Crippen molar-refractivity contribution in [2.75, 3.05) is 6.61 Å². The van der Waals surface area contributed by atoms with Gasteiger partial charge >= 0.3 is 0 Å². The van der Waals surface area contributed by atoms with E-state index in [4.69, 9.17) is 9.26 Å². The minimum Gasteiger partial charge on any atom is -0.494 e. The summed E-state index contributed by atoms with van der Waals surface area (Å²) in [4.78, 5) is 0. The van der Waals surface area contributed by atoms with Crippen LogP contribution in [0.3, 0.4) is 0 Å². The summed E-state index contributed by atoms with van der Waals surface area (Å²) in [6.07, 6.45) is 1.65. The Morgan fingerprint density at radius 1 is 1.29 bits per heavy atom.